The molecule has 1 saturated heterocycles. The molecule has 2 aromatic rings. The number of carbonyl (C=O) groups is 2. The number of fused-ring (bicyclic) bond motifs is 2. The lowest BCUT2D eigenvalue weighted by molar-refractivity contribution is -0.137. The van der Waals surface area contributed by atoms with Crippen LogP contribution in [0.5, 0.6) is 17.2 Å². The Morgan fingerprint density at radius 1 is 1.16 bits per heavy atom. The summed E-state index contributed by atoms with van der Waals surface area (Å²) < 4.78 is 16.7. The smallest absolute Gasteiger partial charge is 0.231 e. The van der Waals surface area contributed by atoms with Gasteiger partial charge < -0.3 is 29.5 Å². The van der Waals surface area contributed by atoms with Gasteiger partial charge in [-0.2, -0.15) is 0 Å². The Hall–Kier alpha value is -3.26. The fraction of sp³-hybridized carbons (Fsp3) is 0.417. The molecule has 3 heterocycles. The Kier molecular flexibility index (Phi) is 5.61. The Balaban J connectivity index is 1.13. The van der Waals surface area contributed by atoms with Gasteiger partial charge in [0.15, 0.2) is 11.5 Å². The third-order valence-electron chi connectivity index (χ3n) is 6.20. The molecule has 0 bridgehead atoms. The second-order valence-electron chi connectivity index (χ2n) is 8.41. The van der Waals surface area contributed by atoms with Crippen molar-refractivity contribution in [3.8, 4) is 17.2 Å². The Morgan fingerprint density at radius 2 is 2.03 bits per heavy atom. The van der Waals surface area contributed by atoms with Crippen molar-refractivity contribution in [2.24, 2.45) is 0 Å². The van der Waals surface area contributed by atoms with E-state index in [0.29, 0.717) is 43.7 Å². The van der Waals surface area contributed by atoms with Crippen molar-refractivity contribution in [2.75, 3.05) is 25.2 Å². The van der Waals surface area contributed by atoms with Gasteiger partial charge in [0.05, 0.1) is 6.54 Å². The van der Waals surface area contributed by atoms with Gasteiger partial charge >= 0.3 is 0 Å². The molecule has 0 spiro atoms. The number of hydrogen-bond donors (Lipinski definition) is 2. The second kappa shape index (κ2) is 8.70. The summed E-state index contributed by atoms with van der Waals surface area (Å²) in [5.41, 5.74) is 2.87. The molecule has 8 heteroatoms. The lowest BCUT2D eigenvalue weighted by Crippen LogP contribution is -2.51. The molecule has 0 aromatic heterocycles. The SMILES string of the molecule is O=C1CCc2ccc(O[C@@H]3CCN(C(=O)CCc4ccc5c(c4)OCO5)C[C@H]3O)cc2N1. The van der Waals surface area contributed by atoms with Crippen LogP contribution < -0.4 is 19.5 Å². The number of aliphatic hydroxyl groups is 1. The van der Waals surface area contributed by atoms with Crippen LogP contribution in [0.4, 0.5) is 5.69 Å². The minimum absolute atomic E-state index is 0.00209. The highest BCUT2D eigenvalue weighted by molar-refractivity contribution is 5.94. The Bertz CT molecular complexity index is 1040. The normalized spacial score (nSPS) is 21.7. The standard InChI is InChI=1S/C24H26N2O6/c27-19-13-26(24(29)8-2-15-1-6-21-22(11-15)31-14-30-21)10-9-20(19)32-17-5-3-16-4-7-23(28)25-18(16)12-17/h1,3,5-6,11-12,19-20,27H,2,4,7-10,13-14H2,(H,25,28)/t19-,20-/m1/s1. The van der Waals surface area contributed by atoms with Crippen LogP contribution >= 0.6 is 0 Å². The van der Waals surface area contributed by atoms with Crippen molar-refractivity contribution < 1.29 is 28.9 Å². The van der Waals surface area contributed by atoms with Gasteiger partial charge in [0, 0.05) is 37.6 Å². The van der Waals surface area contributed by atoms with Gasteiger partial charge in [-0.1, -0.05) is 12.1 Å². The average Bonchev–Trinajstić information content (AvgIpc) is 3.26. The van der Waals surface area contributed by atoms with Crippen molar-refractivity contribution in [2.45, 2.75) is 44.3 Å². The molecule has 3 aliphatic heterocycles. The molecule has 2 atom stereocenters. The number of carbonyl (C=O) groups excluding carboxylic acids is 2. The molecule has 2 aromatic carbocycles. The van der Waals surface area contributed by atoms with Crippen LogP contribution in [0.3, 0.4) is 0 Å². The van der Waals surface area contributed by atoms with Gasteiger partial charge in [0.25, 0.3) is 0 Å². The first-order chi connectivity index (χ1) is 15.5. The van der Waals surface area contributed by atoms with E-state index in [4.69, 9.17) is 14.2 Å². The largest absolute Gasteiger partial charge is 0.488 e. The highest BCUT2D eigenvalue weighted by Crippen LogP contribution is 2.33. The van der Waals surface area contributed by atoms with Crippen molar-refractivity contribution in [3.63, 3.8) is 0 Å². The quantitative estimate of drug-likeness (QED) is 0.744. The second-order valence-corrected chi connectivity index (χ2v) is 8.41. The summed E-state index contributed by atoms with van der Waals surface area (Å²) in [6, 6.07) is 11.3. The number of β-amino-alcohol motifs (C(OH)–C–C–N with tert-alkyl or cyclic N) is 1. The minimum atomic E-state index is -0.774. The summed E-state index contributed by atoms with van der Waals surface area (Å²) in [5, 5.41) is 13.5. The summed E-state index contributed by atoms with van der Waals surface area (Å²) in [6.45, 7) is 1.00. The number of aryl methyl sites for hydroxylation is 2. The molecule has 0 aliphatic carbocycles. The van der Waals surface area contributed by atoms with E-state index < -0.39 is 12.2 Å². The molecule has 3 aliphatic rings. The predicted octanol–water partition coefficient (Wildman–Crippen LogP) is 2.27. The van der Waals surface area contributed by atoms with Gasteiger partial charge in [0.2, 0.25) is 18.6 Å². The summed E-state index contributed by atoms with van der Waals surface area (Å²) >= 11 is 0. The molecule has 32 heavy (non-hydrogen) atoms. The van der Waals surface area contributed by atoms with Gasteiger partial charge in [-0.3, -0.25) is 9.59 Å². The highest BCUT2D eigenvalue weighted by atomic mass is 16.7. The fourth-order valence-electron chi connectivity index (χ4n) is 4.38. The summed E-state index contributed by atoms with van der Waals surface area (Å²) in [4.78, 5) is 26.0. The molecule has 8 nitrogen and oxygen atoms in total. The number of anilines is 1. The van der Waals surface area contributed by atoms with Crippen LogP contribution in [0.2, 0.25) is 0 Å². The number of benzene rings is 2. The number of aliphatic hydroxyl groups excluding tert-OH is 1. The Morgan fingerprint density at radius 3 is 2.91 bits per heavy atom. The number of amides is 2. The lowest BCUT2D eigenvalue weighted by Gasteiger charge is -2.36. The summed E-state index contributed by atoms with van der Waals surface area (Å²) in [5.74, 6) is 2.06. The average molecular weight is 438 g/mol. The van der Waals surface area contributed by atoms with Crippen molar-refractivity contribution >= 4 is 17.5 Å². The number of nitrogens with zero attached hydrogens (tertiary/aromatic N) is 1. The Labute approximate surface area is 186 Å². The van der Waals surface area contributed by atoms with E-state index in [9.17, 15) is 14.7 Å². The molecule has 5 rings (SSSR count). The van der Waals surface area contributed by atoms with Crippen molar-refractivity contribution in [1.82, 2.24) is 4.90 Å². The lowest BCUT2D eigenvalue weighted by atomic mass is 10.0. The number of likely N-dealkylation sites (tertiary alicyclic amines) is 1. The van der Waals surface area contributed by atoms with Crippen LogP contribution in [0.15, 0.2) is 36.4 Å². The summed E-state index contributed by atoms with van der Waals surface area (Å²) in [7, 11) is 0. The van der Waals surface area contributed by atoms with Gasteiger partial charge in [0.1, 0.15) is 18.0 Å². The van der Waals surface area contributed by atoms with E-state index in [1.54, 1.807) is 4.90 Å². The van der Waals surface area contributed by atoms with Gasteiger partial charge in [-0.05, 0) is 42.2 Å². The molecular formula is C24H26N2O6. The maximum Gasteiger partial charge on any atom is 0.231 e. The van der Waals surface area contributed by atoms with E-state index in [1.165, 1.54) is 0 Å². The molecular weight excluding hydrogens is 412 g/mol. The number of rotatable bonds is 5. The molecule has 0 saturated carbocycles. The van der Waals surface area contributed by atoms with Crippen molar-refractivity contribution in [3.05, 3.63) is 47.5 Å². The minimum Gasteiger partial charge on any atom is -0.488 e. The zero-order valence-electron chi connectivity index (χ0n) is 17.7. The maximum absolute atomic E-state index is 12.7. The molecule has 1 fully saturated rings. The zero-order valence-corrected chi connectivity index (χ0v) is 17.7. The number of nitrogens with one attached hydrogen (secondary N) is 1. The molecule has 2 amide bonds. The summed E-state index contributed by atoms with van der Waals surface area (Å²) in [6.07, 6.45) is 1.55. The first-order valence-electron chi connectivity index (χ1n) is 11.0. The van der Waals surface area contributed by atoms with Crippen LogP contribution in [0, 0.1) is 0 Å². The molecule has 0 radical (unpaired) electrons. The highest BCUT2D eigenvalue weighted by Gasteiger charge is 2.31. The van der Waals surface area contributed by atoms with Crippen LogP contribution in [0.1, 0.15) is 30.4 Å². The van der Waals surface area contributed by atoms with Crippen LogP contribution in [-0.4, -0.2) is 53.9 Å². The first-order valence-corrected chi connectivity index (χ1v) is 11.0. The molecule has 2 N–H and O–H groups in total. The first kappa shape index (κ1) is 20.6. The number of ether oxygens (including phenoxy) is 3. The van der Waals surface area contributed by atoms with E-state index in [2.05, 4.69) is 5.32 Å². The zero-order chi connectivity index (χ0) is 22.1. The van der Waals surface area contributed by atoms with Gasteiger partial charge in [-0.25, -0.2) is 0 Å². The van der Waals surface area contributed by atoms with Crippen molar-refractivity contribution in [1.29, 1.82) is 0 Å². The third-order valence-corrected chi connectivity index (χ3v) is 6.20. The molecule has 0 unspecified atom stereocenters. The van der Waals surface area contributed by atoms with Crippen LogP contribution in [-0.2, 0) is 22.4 Å². The molecule has 168 valence electrons. The monoisotopic (exact) mass is 438 g/mol. The van der Waals surface area contributed by atoms with E-state index in [1.807, 2.05) is 36.4 Å². The van der Waals surface area contributed by atoms with E-state index in [-0.39, 0.29) is 25.2 Å². The van der Waals surface area contributed by atoms with E-state index >= 15 is 0 Å². The van der Waals surface area contributed by atoms with Gasteiger partial charge in [-0.15, -0.1) is 0 Å². The third kappa shape index (κ3) is 4.36. The topological polar surface area (TPSA) is 97.3 Å². The number of hydrogen-bond acceptors (Lipinski definition) is 6. The fourth-order valence-corrected chi connectivity index (χ4v) is 4.38. The maximum atomic E-state index is 12.7. The number of piperidine rings is 1. The van der Waals surface area contributed by atoms with E-state index in [0.717, 1.165) is 29.0 Å². The predicted molar refractivity (Wildman–Crippen MR) is 116 cm³/mol. The van der Waals surface area contributed by atoms with Crippen LogP contribution in [0.25, 0.3) is 0 Å².